The summed E-state index contributed by atoms with van der Waals surface area (Å²) < 4.78 is 13.5. The van der Waals surface area contributed by atoms with Crippen LogP contribution in [0.2, 0.25) is 0 Å². The molecule has 3 aromatic rings. The number of para-hydroxylation sites is 1. The molecule has 1 atom stereocenters. The Morgan fingerprint density at radius 3 is 2.67 bits per heavy atom. The number of ether oxygens (including phenoxy) is 2. The smallest absolute Gasteiger partial charge is 0.250 e. The van der Waals surface area contributed by atoms with E-state index in [1.807, 2.05) is 36.4 Å². The number of benzene rings is 2. The van der Waals surface area contributed by atoms with Crippen LogP contribution in [0.3, 0.4) is 0 Å². The van der Waals surface area contributed by atoms with Crippen LogP contribution < -0.4 is 14.4 Å². The van der Waals surface area contributed by atoms with Gasteiger partial charge in [0.15, 0.2) is 11.5 Å². The molecule has 0 radical (unpaired) electrons. The van der Waals surface area contributed by atoms with Crippen LogP contribution in [0.4, 0.5) is 5.95 Å². The molecule has 138 valence electrons. The zero-order chi connectivity index (χ0) is 18.1. The molecule has 0 spiro atoms. The van der Waals surface area contributed by atoms with Gasteiger partial charge in [0.1, 0.15) is 0 Å². The van der Waals surface area contributed by atoms with Gasteiger partial charge >= 0.3 is 0 Å². The van der Waals surface area contributed by atoms with E-state index in [1.165, 1.54) is 5.56 Å². The van der Waals surface area contributed by atoms with Crippen molar-refractivity contribution in [3.63, 3.8) is 0 Å². The Bertz CT molecular complexity index is 927. The minimum Gasteiger partial charge on any atom is -0.490 e. The van der Waals surface area contributed by atoms with E-state index < -0.39 is 0 Å². The first kappa shape index (κ1) is 16.1. The zero-order valence-corrected chi connectivity index (χ0v) is 15.0. The molecule has 1 fully saturated rings. The van der Waals surface area contributed by atoms with Gasteiger partial charge in [0.25, 0.3) is 5.95 Å². The maximum Gasteiger partial charge on any atom is 0.250 e. The van der Waals surface area contributed by atoms with Crippen LogP contribution in [0.25, 0.3) is 5.69 Å². The molecule has 0 N–H and O–H groups in total. The number of aromatic nitrogens is 4. The summed E-state index contributed by atoms with van der Waals surface area (Å²) in [5.41, 5.74) is 2.17. The summed E-state index contributed by atoms with van der Waals surface area (Å²) in [5.74, 6) is 2.44. The van der Waals surface area contributed by atoms with Crippen molar-refractivity contribution in [3.05, 3.63) is 54.1 Å². The van der Waals surface area contributed by atoms with E-state index in [-0.39, 0.29) is 6.04 Å². The molecule has 0 saturated carbocycles. The maximum atomic E-state index is 5.88. The molecule has 0 unspecified atom stereocenters. The lowest BCUT2D eigenvalue weighted by molar-refractivity contribution is 0.297. The third-order valence-electron chi connectivity index (χ3n) is 5.12. The number of nitrogens with zero attached hydrogens (tertiary/aromatic N) is 5. The van der Waals surface area contributed by atoms with Crippen LogP contribution in [0.5, 0.6) is 11.5 Å². The van der Waals surface area contributed by atoms with Crippen molar-refractivity contribution in [1.29, 1.82) is 0 Å². The van der Waals surface area contributed by atoms with Crippen LogP contribution in [0.15, 0.2) is 48.5 Å². The van der Waals surface area contributed by atoms with Crippen LogP contribution in [-0.2, 0) is 0 Å². The highest BCUT2D eigenvalue weighted by Crippen LogP contribution is 2.39. The minimum atomic E-state index is 0.218. The van der Waals surface area contributed by atoms with E-state index in [2.05, 4.69) is 32.6 Å². The first-order valence-corrected chi connectivity index (χ1v) is 9.40. The fraction of sp³-hybridized carbons (Fsp3) is 0.350. The SMILES string of the molecule is c1ccc(-n2nnnc2N2CCC[C@@H]2c2ccc3c(c2)OCCCO3)cc1. The zero-order valence-electron chi connectivity index (χ0n) is 15.0. The third-order valence-corrected chi connectivity index (χ3v) is 5.12. The Morgan fingerprint density at radius 1 is 0.926 bits per heavy atom. The molecule has 1 saturated heterocycles. The van der Waals surface area contributed by atoms with E-state index in [4.69, 9.17) is 9.47 Å². The highest BCUT2D eigenvalue weighted by atomic mass is 16.5. The second kappa shape index (κ2) is 6.90. The molecule has 27 heavy (non-hydrogen) atoms. The first-order chi connectivity index (χ1) is 13.4. The summed E-state index contributed by atoms with van der Waals surface area (Å²) in [5, 5.41) is 12.5. The van der Waals surface area contributed by atoms with Crippen molar-refractivity contribution in [2.45, 2.75) is 25.3 Å². The van der Waals surface area contributed by atoms with E-state index >= 15 is 0 Å². The van der Waals surface area contributed by atoms with Gasteiger partial charge < -0.3 is 14.4 Å². The van der Waals surface area contributed by atoms with E-state index in [0.29, 0.717) is 13.2 Å². The molecular weight excluding hydrogens is 342 g/mol. The lowest BCUT2D eigenvalue weighted by atomic mass is 10.0. The number of hydrogen-bond donors (Lipinski definition) is 0. The highest BCUT2D eigenvalue weighted by molar-refractivity contribution is 5.49. The van der Waals surface area contributed by atoms with E-state index in [9.17, 15) is 0 Å². The molecule has 0 aliphatic carbocycles. The van der Waals surface area contributed by atoms with Crippen molar-refractivity contribution < 1.29 is 9.47 Å². The fourth-order valence-corrected chi connectivity index (χ4v) is 3.84. The number of hydrogen-bond acceptors (Lipinski definition) is 6. The molecule has 3 heterocycles. The molecule has 2 aromatic carbocycles. The van der Waals surface area contributed by atoms with Gasteiger partial charge in [0, 0.05) is 13.0 Å². The third kappa shape index (κ3) is 2.99. The van der Waals surface area contributed by atoms with Crippen molar-refractivity contribution in [2.24, 2.45) is 0 Å². The molecule has 7 heteroatoms. The average molecular weight is 363 g/mol. The number of tetrazole rings is 1. The van der Waals surface area contributed by atoms with Gasteiger partial charge in [-0.3, -0.25) is 0 Å². The predicted octanol–water partition coefficient (Wildman–Crippen LogP) is 3.17. The van der Waals surface area contributed by atoms with Crippen molar-refractivity contribution in [1.82, 2.24) is 20.2 Å². The molecule has 7 nitrogen and oxygen atoms in total. The topological polar surface area (TPSA) is 65.3 Å². The molecule has 0 amide bonds. The minimum absolute atomic E-state index is 0.218. The van der Waals surface area contributed by atoms with E-state index in [1.54, 1.807) is 4.68 Å². The molecule has 2 aliphatic heterocycles. The van der Waals surface area contributed by atoms with Gasteiger partial charge in [-0.2, -0.15) is 4.68 Å². The largest absolute Gasteiger partial charge is 0.490 e. The fourth-order valence-electron chi connectivity index (χ4n) is 3.84. The molecule has 0 bridgehead atoms. The normalized spacial score (nSPS) is 19.1. The van der Waals surface area contributed by atoms with Gasteiger partial charge in [-0.1, -0.05) is 29.4 Å². The standard InChI is InChI=1S/C20H21N5O2/c1-2-6-16(7-3-1)25-20(21-22-23-25)24-11-4-8-17(24)15-9-10-18-19(14-15)27-13-5-12-26-18/h1-3,6-7,9-10,14,17H,4-5,8,11-13H2/t17-/m1/s1. The predicted molar refractivity (Wildman–Crippen MR) is 101 cm³/mol. The van der Waals surface area contributed by atoms with Crippen molar-refractivity contribution in [2.75, 3.05) is 24.7 Å². The second-order valence-corrected chi connectivity index (χ2v) is 6.83. The van der Waals surface area contributed by atoms with Crippen molar-refractivity contribution >= 4 is 5.95 Å². The summed E-state index contributed by atoms with van der Waals surface area (Å²) in [7, 11) is 0. The van der Waals surface area contributed by atoms with Gasteiger partial charge in [-0.15, -0.1) is 0 Å². The Hall–Kier alpha value is -3.09. The first-order valence-electron chi connectivity index (χ1n) is 9.40. The summed E-state index contributed by atoms with van der Waals surface area (Å²) >= 11 is 0. The van der Waals surface area contributed by atoms with Crippen LogP contribution in [0, 0.1) is 0 Å². The Morgan fingerprint density at radius 2 is 1.78 bits per heavy atom. The van der Waals surface area contributed by atoms with Gasteiger partial charge in [-0.25, -0.2) is 0 Å². The summed E-state index contributed by atoms with van der Waals surface area (Å²) in [6, 6.07) is 16.5. The monoisotopic (exact) mass is 363 g/mol. The lowest BCUT2D eigenvalue weighted by Gasteiger charge is -2.26. The average Bonchev–Trinajstić information content (AvgIpc) is 3.33. The Kier molecular flexibility index (Phi) is 4.12. The van der Waals surface area contributed by atoms with Crippen LogP contribution in [-0.4, -0.2) is 40.0 Å². The quantitative estimate of drug-likeness (QED) is 0.712. The molecule has 5 rings (SSSR count). The number of rotatable bonds is 3. The second-order valence-electron chi connectivity index (χ2n) is 6.83. The number of anilines is 1. The summed E-state index contributed by atoms with van der Waals surface area (Å²) in [6.07, 6.45) is 3.06. The lowest BCUT2D eigenvalue weighted by Crippen LogP contribution is -2.26. The van der Waals surface area contributed by atoms with Crippen LogP contribution >= 0.6 is 0 Å². The maximum absolute atomic E-state index is 5.88. The van der Waals surface area contributed by atoms with Crippen molar-refractivity contribution in [3.8, 4) is 17.2 Å². The molecule has 1 aromatic heterocycles. The highest BCUT2D eigenvalue weighted by Gasteiger charge is 2.31. The molecular formula is C20H21N5O2. The summed E-state index contributed by atoms with van der Waals surface area (Å²) in [6.45, 7) is 2.32. The van der Waals surface area contributed by atoms with Crippen LogP contribution in [0.1, 0.15) is 30.9 Å². The summed E-state index contributed by atoms with van der Waals surface area (Å²) in [4.78, 5) is 2.28. The van der Waals surface area contributed by atoms with Gasteiger partial charge in [0.05, 0.1) is 24.9 Å². The Balaban J connectivity index is 1.49. The van der Waals surface area contributed by atoms with Gasteiger partial charge in [0.2, 0.25) is 0 Å². The number of fused-ring (bicyclic) bond motifs is 1. The van der Waals surface area contributed by atoms with Gasteiger partial charge in [-0.05, 0) is 53.1 Å². The molecule has 2 aliphatic rings. The Labute approximate surface area is 157 Å². The van der Waals surface area contributed by atoms with E-state index in [0.717, 1.165) is 48.9 Å².